The van der Waals surface area contributed by atoms with Gasteiger partial charge in [0.2, 0.25) is 0 Å². The molecule has 0 saturated heterocycles. The van der Waals surface area contributed by atoms with E-state index in [4.69, 9.17) is 23.2 Å². The Labute approximate surface area is 179 Å². The van der Waals surface area contributed by atoms with Crippen LogP contribution in [-0.4, -0.2) is 20.9 Å². The smallest absolute Gasteiger partial charge is 0.261 e. The van der Waals surface area contributed by atoms with Gasteiger partial charge in [0.15, 0.2) is 0 Å². The third kappa shape index (κ3) is 5.73. The first kappa shape index (κ1) is 21.2. The summed E-state index contributed by atoms with van der Waals surface area (Å²) in [6, 6.07) is 19.7. The molecule has 0 unspecified atom stereocenters. The number of hydrogen-bond acceptors (Lipinski definition) is 3. The van der Waals surface area contributed by atoms with Crippen molar-refractivity contribution in [2.75, 3.05) is 11.3 Å². The van der Waals surface area contributed by atoms with Crippen molar-refractivity contribution in [3.05, 3.63) is 94.0 Å². The molecule has 0 saturated carbocycles. The quantitative estimate of drug-likeness (QED) is 0.546. The highest BCUT2D eigenvalue weighted by Gasteiger charge is 2.17. The molecule has 0 radical (unpaired) electrons. The summed E-state index contributed by atoms with van der Waals surface area (Å²) in [6.45, 7) is 0.397. The average Bonchev–Trinajstić information content (AvgIpc) is 2.70. The monoisotopic (exact) mass is 448 g/mol. The molecule has 0 aliphatic rings. The van der Waals surface area contributed by atoms with E-state index >= 15 is 0 Å². The van der Waals surface area contributed by atoms with Crippen molar-refractivity contribution >= 4 is 44.8 Å². The molecule has 150 valence electrons. The number of halogens is 2. The number of hydrogen-bond donors (Lipinski definition) is 2. The number of para-hydroxylation sites is 1. The Bertz CT molecular complexity index is 1130. The molecule has 3 aromatic rings. The summed E-state index contributed by atoms with van der Waals surface area (Å²) in [5.41, 5.74) is 1.52. The standard InChI is InChI=1S/C21H18Cl2N2O3S/c22-17-7-3-5-15(13-17)11-12-24-21(26)16-6-4-8-18(14-16)29(27,28)25-20-10-2-1-9-19(20)23/h1-10,13-14,25H,11-12H2,(H,24,26). The third-order valence-corrected chi connectivity index (χ3v) is 6.04. The number of benzene rings is 3. The predicted octanol–water partition coefficient (Wildman–Crippen LogP) is 4.77. The van der Waals surface area contributed by atoms with Crippen LogP contribution in [0.5, 0.6) is 0 Å². The molecule has 0 spiro atoms. The number of rotatable bonds is 7. The number of amides is 1. The van der Waals surface area contributed by atoms with Crippen molar-refractivity contribution < 1.29 is 13.2 Å². The molecule has 3 rings (SSSR count). The Morgan fingerprint density at radius 1 is 0.897 bits per heavy atom. The topological polar surface area (TPSA) is 75.3 Å². The van der Waals surface area contributed by atoms with Crippen molar-refractivity contribution in [3.63, 3.8) is 0 Å². The van der Waals surface area contributed by atoms with Crippen molar-refractivity contribution in [3.8, 4) is 0 Å². The van der Waals surface area contributed by atoms with Gasteiger partial charge >= 0.3 is 0 Å². The number of carbonyl (C=O) groups is 1. The Morgan fingerprint density at radius 2 is 1.66 bits per heavy atom. The van der Waals surface area contributed by atoms with Gasteiger partial charge in [-0.15, -0.1) is 0 Å². The lowest BCUT2D eigenvalue weighted by atomic mass is 10.1. The molecule has 3 aromatic carbocycles. The van der Waals surface area contributed by atoms with Crippen molar-refractivity contribution in [1.29, 1.82) is 0 Å². The molecule has 0 aliphatic heterocycles. The van der Waals surface area contributed by atoms with Crippen molar-refractivity contribution in [2.24, 2.45) is 0 Å². The number of sulfonamides is 1. The zero-order valence-corrected chi connectivity index (χ0v) is 17.6. The molecule has 0 heterocycles. The minimum absolute atomic E-state index is 0.0279. The normalized spacial score (nSPS) is 11.1. The van der Waals surface area contributed by atoms with Crippen LogP contribution in [0.4, 0.5) is 5.69 Å². The first-order chi connectivity index (χ1) is 13.8. The van der Waals surface area contributed by atoms with E-state index in [2.05, 4.69) is 10.0 Å². The van der Waals surface area contributed by atoms with E-state index in [0.717, 1.165) is 5.56 Å². The molecule has 0 aromatic heterocycles. The summed E-state index contributed by atoms with van der Waals surface area (Å²) in [5, 5.41) is 3.71. The maximum absolute atomic E-state index is 12.6. The molecule has 1 amide bonds. The van der Waals surface area contributed by atoms with Crippen LogP contribution < -0.4 is 10.0 Å². The molecule has 0 bridgehead atoms. The molecular formula is C21H18Cl2N2O3S. The van der Waals surface area contributed by atoms with Crippen LogP contribution in [0.25, 0.3) is 0 Å². The fourth-order valence-electron chi connectivity index (χ4n) is 2.67. The van der Waals surface area contributed by atoms with Gasteiger partial charge in [-0.25, -0.2) is 8.42 Å². The predicted molar refractivity (Wildman–Crippen MR) is 116 cm³/mol. The lowest BCUT2D eigenvalue weighted by Crippen LogP contribution is -2.26. The first-order valence-electron chi connectivity index (χ1n) is 8.75. The first-order valence-corrected chi connectivity index (χ1v) is 11.0. The Kier molecular flexibility index (Phi) is 6.79. The summed E-state index contributed by atoms with van der Waals surface area (Å²) < 4.78 is 27.7. The van der Waals surface area contributed by atoms with Gasteiger partial charge in [-0.1, -0.05) is 53.5 Å². The summed E-state index contributed by atoms with van der Waals surface area (Å²) >= 11 is 12.0. The molecule has 8 heteroatoms. The largest absolute Gasteiger partial charge is 0.352 e. The third-order valence-electron chi connectivity index (χ3n) is 4.11. The lowest BCUT2D eigenvalue weighted by Gasteiger charge is -2.11. The van der Waals surface area contributed by atoms with Gasteiger partial charge in [0.25, 0.3) is 15.9 Å². The van der Waals surface area contributed by atoms with Crippen LogP contribution in [0.2, 0.25) is 10.0 Å². The molecule has 0 fully saturated rings. The summed E-state index contributed by atoms with van der Waals surface area (Å²) in [6.07, 6.45) is 0.609. The van der Waals surface area contributed by atoms with Crippen LogP contribution in [0.1, 0.15) is 15.9 Å². The number of carbonyl (C=O) groups excluding carboxylic acids is 1. The second-order valence-electron chi connectivity index (χ2n) is 6.25. The van der Waals surface area contributed by atoms with Crippen LogP contribution in [0, 0.1) is 0 Å². The molecule has 5 nitrogen and oxygen atoms in total. The lowest BCUT2D eigenvalue weighted by molar-refractivity contribution is 0.0954. The zero-order valence-electron chi connectivity index (χ0n) is 15.2. The van der Waals surface area contributed by atoms with E-state index in [1.807, 2.05) is 18.2 Å². The fourth-order valence-corrected chi connectivity index (χ4v) is 4.24. The van der Waals surface area contributed by atoms with Gasteiger partial charge in [-0.2, -0.15) is 0 Å². The Balaban J connectivity index is 1.68. The fraction of sp³-hybridized carbons (Fsp3) is 0.0952. The van der Waals surface area contributed by atoms with Gasteiger partial charge < -0.3 is 5.32 Å². The van der Waals surface area contributed by atoms with Crippen LogP contribution in [0.15, 0.2) is 77.7 Å². The average molecular weight is 449 g/mol. The minimum atomic E-state index is -3.89. The summed E-state index contributed by atoms with van der Waals surface area (Å²) in [7, 11) is -3.89. The van der Waals surface area contributed by atoms with Crippen molar-refractivity contribution in [2.45, 2.75) is 11.3 Å². The van der Waals surface area contributed by atoms with E-state index in [0.29, 0.717) is 18.0 Å². The van der Waals surface area contributed by atoms with Gasteiger partial charge in [0, 0.05) is 17.1 Å². The summed E-state index contributed by atoms with van der Waals surface area (Å²) in [4.78, 5) is 12.4. The van der Waals surface area contributed by atoms with Gasteiger partial charge in [-0.3, -0.25) is 9.52 Å². The van der Waals surface area contributed by atoms with Gasteiger partial charge in [0.05, 0.1) is 15.6 Å². The highest BCUT2D eigenvalue weighted by Crippen LogP contribution is 2.24. The SMILES string of the molecule is O=C(NCCc1cccc(Cl)c1)c1cccc(S(=O)(=O)Nc2ccccc2Cl)c1. The second-order valence-corrected chi connectivity index (χ2v) is 8.78. The Morgan fingerprint density at radius 3 is 2.41 bits per heavy atom. The maximum atomic E-state index is 12.6. The summed E-state index contributed by atoms with van der Waals surface area (Å²) in [5.74, 6) is -0.359. The zero-order chi connectivity index (χ0) is 20.9. The molecule has 0 aliphatic carbocycles. The van der Waals surface area contributed by atoms with Crippen LogP contribution in [0.3, 0.4) is 0 Å². The van der Waals surface area contributed by atoms with Crippen LogP contribution >= 0.6 is 23.2 Å². The van der Waals surface area contributed by atoms with E-state index in [-0.39, 0.29) is 27.1 Å². The number of anilines is 1. The van der Waals surface area contributed by atoms with E-state index < -0.39 is 10.0 Å². The molecule has 29 heavy (non-hydrogen) atoms. The van der Waals surface area contributed by atoms with Crippen LogP contribution in [-0.2, 0) is 16.4 Å². The highest BCUT2D eigenvalue weighted by atomic mass is 35.5. The van der Waals surface area contributed by atoms with E-state index in [1.165, 1.54) is 18.2 Å². The van der Waals surface area contributed by atoms with E-state index in [9.17, 15) is 13.2 Å². The van der Waals surface area contributed by atoms with Crippen molar-refractivity contribution in [1.82, 2.24) is 5.32 Å². The Hall–Kier alpha value is -2.54. The number of nitrogens with one attached hydrogen (secondary N) is 2. The molecule has 0 atom stereocenters. The maximum Gasteiger partial charge on any atom is 0.261 e. The molecular weight excluding hydrogens is 431 g/mol. The minimum Gasteiger partial charge on any atom is -0.352 e. The second kappa shape index (κ2) is 9.31. The highest BCUT2D eigenvalue weighted by molar-refractivity contribution is 7.92. The van der Waals surface area contributed by atoms with Gasteiger partial charge in [0.1, 0.15) is 0 Å². The van der Waals surface area contributed by atoms with E-state index in [1.54, 1.807) is 36.4 Å². The molecule has 2 N–H and O–H groups in total. The van der Waals surface area contributed by atoms with Gasteiger partial charge in [-0.05, 0) is 54.4 Å².